The highest BCUT2D eigenvalue weighted by molar-refractivity contribution is 7.89. The Morgan fingerprint density at radius 2 is 1.78 bits per heavy atom. The summed E-state index contributed by atoms with van der Waals surface area (Å²) in [5, 5.41) is 7.62. The Bertz CT molecular complexity index is 530. The third-order valence-electron chi connectivity index (χ3n) is 2.29. The van der Waals surface area contributed by atoms with Crippen molar-refractivity contribution in [3.05, 3.63) is 29.8 Å². The van der Waals surface area contributed by atoms with Crippen LogP contribution < -0.4 is 16.2 Å². The molecule has 0 saturated heterocycles. The van der Waals surface area contributed by atoms with Crippen LogP contribution in [0.1, 0.15) is 19.4 Å². The summed E-state index contributed by atoms with van der Waals surface area (Å²) in [4.78, 5) is 11.6. The minimum absolute atomic E-state index is 0.0386. The van der Waals surface area contributed by atoms with Crippen LogP contribution in [-0.4, -0.2) is 19.9 Å². The first-order chi connectivity index (χ1) is 8.10. The molecule has 0 aliphatic carbocycles. The predicted molar refractivity (Wildman–Crippen MR) is 67.9 cm³/mol. The van der Waals surface area contributed by atoms with Crippen molar-refractivity contribution in [2.24, 2.45) is 10.9 Å². The summed E-state index contributed by atoms with van der Waals surface area (Å²) in [5.74, 6) is -0.280. The Kier molecular flexibility index (Phi) is 4.10. The summed E-state index contributed by atoms with van der Waals surface area (Å²) >= 11 is 0. The lowest BCUT2D eigenvalue weighted by atomic mass is 10.1. The third-order valence-corrected chi connectivity index (χ3v) is 3.22. The molecule has 1 aromatic carbocycles. The summed E-state index contributed by atoms with van der Waals surface area (Å²) in [6, 6.07) is 5.96. The molecular weight excluding hydrogens is 254 g/mol. The molecule has 100 valence electrons. The van der Waals surface area contributed by atoms with Crippen LogP contribution in [0.2, 0.25) is 0 Å². The number of hydrogen-bond acceptors (Lipinski definition) is 4. The Morgan fingerprint density at radius 1 is 1.28 bits per heavy atom. The fraction of sp³-hybridized carbons (Fsp3) is 0.364. The number of nitrogens with one attached hydrogen (secondary N) is 1. The van der Waals surface area contributed by atoms with Gasteiger partial charge < -0.3 is 11.1 Å². The third kappa shape index (κ3) is 4.10. The van der Waals surface area contributed by atoms with Gasteiger partial charge in [0.2, 0.25) is 15.9 Å². The number of hydrogen-bond donors (Lipinski definition) is 3. The molecule has 0 radical (unpaired) electrons. The van der Waals surface area contributed by atoms with E-state index in [1.165, 1.54) is 12.1 Å². The van der Waals surface area contributed by atoms with Crippen LogP contribution in [0, 0.1) is 0 Å². The van der Waals surface area contributed by atoms with E-state index >= 15 is 0 Å². The Morgan fingerprint density at radius 3 is 2.17 bits per heavy atom. The van der Waals surface area contributed by atoms with Crippen molar-refractivity contribution >= 4 is 15.9 Å². The second-order valence-electron chi connectivity index (χ2n) is 4.59. The van der Waals surface area contributed by atoms with Crippen LogP contribution in [0.25, 0.3) is 0 Å². The van der Waals surface area contributed by atoms with Crippen molar-refractivity contribution < 1.29 is 13.2 Å². The summed E-state index contributed by atoms with van der Waals surface area (Å²) < 4.78 is 22.1. The molecule has 0 aliphatic rings. The highest BCUT2D eigenvalue weighted by atomic mass is 32.2. The maximum absolute atomic E-state index is 11.5. The van der Waals surface area contributed by atoms with Crippen LogP contribution in [0.3, 0.4) is 0 Å². The maximum Gasteiger partial charge on any atom is 0.239 e. The summed E-state index contributed by atoms with van der Waals surface area (Å²) in [7, 11) is -3.68. The van der Waals surface area contributed by atoms with E-state index < -0.39 is 15.6 Å². The number of carbonyl (C=O) groups excluding carboxylic acids is 1. The first-order valence-corrected chi connectivity index (χ1v) is 6.84. The van der Waals surface area contributed by atoms with Gasteiger partial charge in [0.25, 0.3) is 0 Å². The van der Waals surface area contributed by atoms with Gasteiger partial charge >= 0.3 is 0 Å². The fourth-order valence-corrected chi connectivity index (χ4v) is 1.72. The number of carbonyl (C=O) groups is 1. The largest absolute Gasteiger partial charge is 0.350 e. The van der Waals surface area contributed by atoms with Gasteiger partial charge in [-0.05, 0) is 31.5 Å². The smallest absolute Gasteiger partial charge is 0.239 e. The van der Waals surface area contributed by atoms with E-state index in [9.17, 15) is 13.2 Å². The Labute approximate surface area is 106 Å². The van der Waals surface area contributed by atoms with Crippen LogP contribution in [0.15, 0.2) is 29.2 Å². The van der Waals surface area contributed by atoms with E-state index in [4.69, 9.17) is 10.9 Å². The first-order valence-electron chi connectivity index (χ1n) is 5.29. The number of amides is 1. The molecule has 1 amide bonds. The summed E-state index contributed by atoms with van der Waals surface area (Å²) in [6.07, 6.45) is 0. The van der Waals surface area contributed by atoms with Crippen LogP contribution in [0.5, 0.6) is 0 Å². The number of primary sulfonamides is 1. The van der Waals surface area contributed by atoms with Gasteiger partial charge in [-0.25, -0.2) is 13.6 Å². The van der Waals surface area contributed by atoms with Gasteiger partial charge in [0.05, 0.1) is 10.4 Å². The minimum Gasteiger partial charge on any atom is -0.350 e. The summed E-state index contributed by atoms with van der Waals surface area (Å²) in [5.41, 5.74) is 5.44. The predicted octanol–water partition coefficient (Wildman–Crippen LogP) is -0.312. The Balaban J connectivity index is 2.69. The highest BCUT2D eigenvalue weighted by Crippen LogP contribution is 2.08. The number of rotatable bonds is 4. The van der Waals surface area contributed by atoms with Crippen molar-refractivity contribution in [3.63, 3.8) is 0 Å². The monoisotopic (exact) mass is 271 g/mol. The van der Waals surface area contributed by atoms with Crippen LogP contribution >= 0.6 is 0 Å². The number of nitrogens with two attached hydrogens (primary N) is 2. The zero-order valence-electron chi connectivity index (χ0n) is 10.3. The SMILES string of the molecule is CC(C)(N)C(=O)NCc1ccc(S(N)(=O)=O)cc1. The summed E-state index contributed by atoms with van der Waals surface area (Å²) in [6.45, 7) is 3.49. The average molecular weight is 271 g/mol. The molecule has 0 atom stereocenters. The van der Waals surface area contributed by atoms with Gasteiger partial charge in [0.1, 0.15) is 0 Å². The van der Waals surface area contributed by atoms with E-state index in [0.717, 1.165) is 5.56 Å². The van der Waals surface area contributed by atoms with Crippen molar-refractivity contribution in [2.75, 3.05) is 0 Å². The Hall–Kier alpha value is -1.44. The van der Waals surface area contributed by atoms with Gasteiger partial charge in [-0.15, -0.1) is 0 Å². The topological polar surface area (TPSA) is 115 Å². The van der Waals surface area contributed by atoms with Crippen molar-refractivity contribution in [3.8, 4) is 0 Å². The zero-order valence-corrected chi connectivity index (χ0v) is 11.1. The molecule has 0 unspecified atom stereocenters. The molecule has 0 heterocycles. The van der Waals surface area contributed by atoms with Crippen molar-refractivity contribution in [1.82, 2.24) is 5.32 Å². The molecule has 0 aliphatic heterocycles. The molecule has 6 nitrogen and oxygen atoms in total. The average Bonchev–Trinajstić information content (AvgIpc) is 2.24. The molecule has 1 rings (SSSR count). The molecule has 1 aromatic rings. The van der Waals surface area contributed by atoms with Crippen LogP contribution in [-0.2, 0) is 21.4 Å². The van der Waals surface area contributed by atoms with E-state index in [1.54, 1.807) is 26.0 Å². The zero-order chi connectivity index (χ0) is 14.0. The molecular formula is C11H17N3O3S. The molecule has 0 fully saturated rings. The maximum atomic E-state index is 11.5. The normalized spacial score (nSPS) is 12.2. The number of benzene rings is 1. The van der Waals surface area contributed by atoms with Crippen molar-refractivity contribution in [1.29, 1.82) is 0 Å². The lowest BCUT2D eigenvalue weighted by Crippen LogP contribution is -2.48. The molecule has 7 heteroatoms. The van der Waals surface area contributed by atoms with E-state index in [1.807, 2.05) is 0 Å². The standard InChI is InChI=1S/C11H17N3O3S/c1-11(2,12)10(15)14-7-8-3-5-9(6-4-8)18(13,16)17/h3-6H,7,12H2,1-2H3,(H,14,15)(H2,13,16,17). The van der Waals surface area contributed by atoms with Gasteiger partial charge in [-0.1, -0.05) is 12.1 Å². The second kappa shape index (κ2) is 5.05. The molecule has 0 aromatic heterocycles. The first kappa shape index (κ1) is 14.6. The molecule has 5 N–H and O–H groups in total. The fourth-order valence-electron chi connectivity index (χ4n) is 1.21. The van der Waals surface area contributed by atoms with Crippen molar-refractivity contribution in [2.45, 2.75) is 30.8 Å². The lowest BCUT2D eigenvalue weighted by Gasteiger charge is -2.17. The second-order valence-corrected chi connectivity index (χ2v) is 6.15. The van der Waals surface area contributed by atoms with Crippen LogP contribution in [0.4, 0.5) is 0 Å². The van der Waals surface area contributed by atoms with Gasteiger partial charge in [-0.3, -0.25) is 4.79 Å². The molecule has 0 bridgehead atoms. The van der Waals surface area contributed by atoms with E-state index in [0.29, 0.717) is 0 Å². The van der Waals surface area contributed by atoms with E-state index in [-0.39, 0.29) is 17.3 Å². The van der Waals surface area contributed by atoms with Gasteiger partial charge in [0.15, 0.2) is 0 Å². The highest BCUT2D eigenvalue weighted by Gasteiger charge is 2.21. The van der Waals surface area contributed by atoms with E-state index in [2.05, 4.69) is 5.32 Å². The van der Waals surface area contributed by atoms with Gasteiger partial charge in [-0.2, -0.15) is 0 Å². The minimum atomic E-state index is -3.68. The molecule has 0 saturated carbocycles. The quantitative estimate of drug-likeness (QED) is 0.696. The number of sulfonamides is 1. The lowest BCUT2D eigenvalue weighted by molar-refractivity contribution is -0.125. The van der Waals surface area contributed by atoms with Gasteiger partial charge in [0, 0.05) is 6.54 Å². The molecule has 0 spiro atoms. The molecule has 18 heavy (non-hydrogen) atoms.